The summed E-state index contributed by atoms with van der Waals surface area (Å²) in [5.74, 6) is 0. The molecular weight excluding hydrogens is 236 g/mol. The topological polar surface area (TPSA) is 66.5 Å². The molecule has 0 aliphatic carbocycles. The van der Waals surface area contributed by atoms with E-state index in [1.165, 1.54) is 0 Å². The minimum Gasteiger partial charge on any atom is -1.00 e. The van der Waals surface area contributed by atoms with Crippen molar-refractivity contribution in [2.24, 2.45) is 5.73 Å². The Hall–Kier alpha value is 2.59. The maximum absolute atomic E-state index is 9.36. The van der Waals surface area contributed by atoms with Crippen LogP contribution in [0.25, 0.3) is 0 Å². The predicted molar refractivity (Wildman–Crippen MR) is 47.5 cm³/mol. The molecule has 6 heteroatoms. The third-order valence-electron chi connectivity index (χ3n) is 1.52. The maximum Gasteiger partial charge on any atom is 1.00 e. The molecule has 0 bridgehead atoms. The van der Waals surface area contributed by atoms with Gasteiger partial charge in [0.15, 0.2) is 0 Å². The Morgan fingerprint density at radius 1 is 1.15 bits per heavy atom. The van der Waals surface area contributed by atoms with Crippen LogP contribution in [0.5, 0.6) is 0 Å². The first-order valence-corrected chi connectivity index (χ1v) is 5.47. The van der Waals surface area contributed by atoms with Gasteiger partial charge in [0.1, 0.15) is 0 Å². The SMILES string of the molecule is NC[Si](O)(O)c1ccccc1.[H-].[H-].[K+].[K+]. The van der Waals surface area contributed by atoms with Gasteiger partial charge in [0.05, 0.1) is 0 Å². The van der Waals surface area contributed by atoms with Gasteiger partial charge in [0.25, 0.3) is 0 Å². The fourth-order valence-corrected chi connectivity index (χ4v) is 1.78. The number of hydrogen-bond acceptors (Lipinski definition) is 3. The van der Waals surface area contributed by atoms with Crippen LogP contribution in [-0.2, 0) is 0 Å². The Labute approximate surface area is 167 Å². The van der Waals surface area contributed by atoms with Gasteiger partial charge in [-0.25, -0.2) is 0 Å². The van der Waals surface area contributed by atoms with E-state index in [1.807, 2.05) is 6.07 Å². The molecule has 0 aliphatic heterocycles. The molecule has 0 unspecified atom stereocenters. The molecule has 4 N–H and O–H groups in total. The maximum atomic E-state index is 9.36. The van der Waals surface area contributed by atoms with Crippen LogP contribution in [0.4, 0.5) is 0 Å². The molecular formula is C7H13K2NO2Si. The van der Waals surface area contributed by atoms with Crippen LogP contribution in [0.3, 0.4) is 0 Å². The van der Waals surface area contributed by atoms with Crippen molar-refractivity contribution in [3.8, 4) is 0 Å². The van der Waals surface area contributed by atoms with Gasteiger partial charge in [0, 0.05) is 6.17 Å². The van der Waals surface area contributed by atoms with Gasteiger partial charge in [-0.2, -0.15) is 0 Å². The number of benzene rings is 1. The molecule has 0 amide bonds. The average Bonchev–Trinajstić information content (AvgIpc) is 2.06. The first kappa shape index (κ1) is 18.0. The molecule has 0 fully saturated rings. The zero-order chi connectivity index (χ0) is 8.32. The van der Waals surface area contributed by atoms with Crippen molar-refractivity contribution in [1.29, 1.82) is 0 Å². The molecule has 1 aromatic carbocycles. The number of hydrogen-bond donors (Lipinski definition) is 3. The van der Waals surface area contributed by atoms with Crippen molar-refractivity contribution in [2.75, 3.05) is 6.17 Å². The zero-order valence-electron chi connectivity index (χ0n) is 10.1. The van der Waals surface area contributed by atoms with Crippen LogP contribution >= 0.6 is 0 Å². The van der Waals surface area contributed by atoms with Crippen LogP contribution in [-0.4, -0.2) is 24.3 Å². The van der Waals surface area contributed by atoms with Gasteiger partial charge < -0.3 is 18.2 Å². The van der Waals surface area contributed by atoms with E-state index in [2.05, 4.69) is 0 Å². The van der Waals surface area contributed by atoms with Gasteiger partial charge in [-0.15, -0.1) is 0 Å². The number of nitrogens with two attached hydrogens (primary N) is 1. The first-order chi connectivity index (χ1) is 5.17. The summed E-state index contributed by atoms with van der Waals surface area (Å²) in [6, 6.07) is 8.71. The van der Waals surface area contributed by atoms with Gasteiger partial charge in [0.2, 0.25) is 0 Å². The largest absolute Gasteiger partial charge is 1.00 e. The fraction of sp³-hybridized carbons (Fsp3) is 0.143. The van der Waals surface area contributed by atoms with Crippen molar-refractivity contribution in [3.63, 3.8) is 0 Å². The minimum atomic E-state index is -3.28. The van der Waals surface area contributed by atoms with Crippen molar-refractivity contribution >= 4 is 13.7 Å². The molecule has 13 heavy (non-hydrogen) atoms. The Balaban J connectivity index is -0.000000151. The predicted octanol–water partition coefficient (Wildman–Crippen LogP) is -6.95. The van der Waals surface area contributed by atoms with E-state index in [0.717, 1.165) is 0 Å². The normalized spacial score (nSPS) is 9.77. The molecule has 3 nitrogen and oxygen atoms in total. The summed E-state index contributed by atoms with van der Waals surface area (Å²) in [6.07, 6.45) is -0.0585. The molecule has 0 heterocycles. The van der Waals surface area contributed by atoms with E-state index in [1.54, 1.807) is 24.3 Å². The smallest absolute Gasteiger partial charge is 1.00 e. The second kappa shape index (κ2) is 8.71. The summed E-state index contributed by atoms with van der Waals surface area (Å²) < 4.78 is 0. The Bertz CT molecular complexity index is 242. The van der Waals surface area contributed by atoms with Crippen molar-refractivity contribution < 1.29 is 115 Å². The third-order valence-corrected chi connectivity index (χ3v) is 3.35. The summed E-state index contributed by atoms with van der Waals surface area (Å²) >= 11 is 0. The van der Waals surface area contributed by atoms with E-state index >= 15 is 0 Å². The van der Waals surface area contributed by atoms with Gasteiger partial charge >= 0.3 is 111 Å². The fourth-order valence-electron chi connectivity index (χ4n) is 0.823. The molecule has 0 aromatic heterocycles. The molecule has 0 saturated heterocycles. The molecule has 1 rings (SSSR count). The molecule has 0 aliphatic rings. The van der Waals surface area contributed by atoms with Crippen molar-refractivity contribution in [2.45, 2.75) is 0 Å². The molecule has 0 spiro atoms. The Morgan fingerprint density at radius 2 is 1.62 bits per heavy atom. The van der Waals surface area contributed by atoms with Crippen LogP contribution in [0, 0.1) is 0 Å². The quantitative estimate of drug-likeness (QED) is 0.457. The van der Waals surface area contributed by atoms with Crippen LogP contribution < -0.4 is 114 Å². The zero-order valence-corrected chi connectivity index (χ0v) is 15.3. The molecule has 0 atom stereocenters. The van der Waals surface area contributed by atoms with Crippen molar-refractivity contribution in [1.82, 2.24) is 0 Å². The second-order valence-corrected chi connectivity index (χ2v) is 5.01. The van der Waals surface area contributed by atoms with E-state index in [0.29, 0.717) is 5.19 Å². The second-order valence-electron chi connectivity index (χ2n) is 2.39. The van der Waals surface area contributed by atoms with E-state index in [-0.39, 0.29) is 112 Å². The van der Waals surface area contributed by atoms with E-state index in [9.17, 15) is 9.59 Å². The van der Waals surface area contributed by atoms with Crippen LogP contribution in [0.1, 0.15) is 2.85 Å². The summed E-state index contributed by atoms with van der Waals surface area (Å²) in [6.45, 7) is 0. The van der Waals surface area contributed by atoms with E-state index < -0.39 is 8.56 Å². The average molecular weight is 249 g/mol. The summed E-state index contributed by atoms with van der Waals surface area (Å²) in [5.41, 5.74) is 5.20. The minimum absolute atomic E-state index is 0. The van der Waals surface area contributed by atoms with Gasteiger partial charge in [-0.3, -0.25) is 0 Å². The van der Waals surface area contributed by atoms with Crippen LogP contribution in [0.2, 0.25) is 0 Å². The molecule has 64 valence electrons. The van der Waals surface area contributed by atoms with Gasteiger partial charge in [-0.05, 0) is 5.19 Å². The first-order valence-electron chi connectivity index (χ1n) is 3.37. The Kier molecular flexibility index (Phi) is 12.0. The summed E-state index contributed by atoms with van der Waals surface area (Å²) in [7, 11) is -3.28. The van der Waals surface area contributed by atoms with Crippen LogP contribution in [0.15, 0.2) is 30.3 Å². The summed E-state index contributed by atoms with van der Waals surface area (Å²) in [5, 5.41) is 0.558. The third kappa shape index (κ3) is 6.03. The van der Waals surface area contributed by atoms with Gasteiger partial charge in [-0.1, -0.05) is 30.3 Å². The van der Waals surface area contributed by atoms with E-state index in [4.69, 9.17) is 5.73 Å². The molecule has 1 aromatic rings. The van der Waals surface area contributed by atoms with Crippen molar-refractivity contribution in [3.05, 3.63) is 30.3 Å². The number of rotatable bonds is 2. The standard InChI is InChI=1S/C7H11NO2Si.2K.2H/c8-6-11(9,10)7-4-2-1-3-5-7;;;;/h1-5,9-10H,6,8H2;;;;/q;2*+1;2*-1. The monoisotopic (exact) mass is 249 g/mol. The molecule has 0 saturated carbocycles. The summed E-state index contributed by atoms with van der Waals surface area (Å²) in [4.78, 5) is 18.7. The Morgan fingerprint density at radius 3 is 2.00 bits per heavy atom. The molecule has 0 radical (unpaired) electrons.